The van der Waals surface area contributed by atoms with E-state index in [1.165, 1.54) is 0 Å². The van der Waals surface area contributed by atoms with Crippen LogP contribution in [0.3, 0.4) is 0 Å². The van der Waals surface area contributed by atoms with Gasteiger partial charge in [-0.05, 0) is 37.1 Å². The summed E-state index contributed by atoms with van der Waals surface area (Å²) < 4.78 is 0. The van der Waals surface area contributed by atoms with E-state index in [4.69, 9.17) is 0 Å². The van der Waals surface area contributed by atoms with Crippen LogP contribution in [-0.4, -0.2) is 31.9 Å². The highest BCUT2D eigenvalue weighted by Crippen LogP contribution is 2.37. The molecule has 1 aliphatic heterocycles. The van der Waals surface area contributed by atoms with Gasteiger partial charge in [-0.3, -0.25) is 9.78 Å². The van der Waals surface area contributed by atoms with Crippen molar-refractivity contribution >= 4 is 28.6 Å². The molecule has 0 radical (unpaired) electrons. The number of carbonyl (C=O) groups is 1. The van der Waals surface area contributed by atoms with E-state index in [9.17, 15) is 4.79 Å². The van der Waals surface area contributed by atoms with Crippen LogP contribution in [0, 0.1) is 0 Å². The lowest BCUT2D eigenvalue weighted by Gasteiger charge is -2.35. The molecule has 0 aromatic carbocycles. The van der Waals surface area contributed by atoms with Gasteiger partial charge in [-0.25, -0.2) is 15.0 Å². The number of rotatable bonds is 3. The van der Waals surface area contributed by atoms with E-state index in [2.05, 4.69) is 30.6 Å². The van der Waals surface area contributed by atoms with E-state index in [1.54, 1.807) is 12.4 Å². The number of hydrogen-bond acceptors (Lipinski definition) is 6. The molecule has 1 aliphatic carbocycles. The third-order valence-corrected chi connectivity index (χ3v) is 4.80. The van der Waals surface area contributed by atoms with Crippen molar-refractivity contribution in [3.05, 3.63) is 48.0 Å². The standard InChI is InChI=1S/C18H16N6O/c25-16-8-11-9-20-17(24-18(11)23-16)10-6-12(7-10)21-15-4-3-13-14(22-15)2-1-5-19-13/h1-5,9-10,12H,6-8H2,(H,21,22)(H,20,23,24,25). The van der Waals surface area contributed by atoms with Gasteiger partial charge < -0.3 is 10.6 Å². The molecule has 7 nitrogen and oxygen atoms in total. The van der Waals surface area contributed by atoms with E-state index in [0.29, 0.717) is 24.2 Å². The van der Waals surface area contributed by atoms with Gasteiger partial charge in [0.15, 0.2) is 0 Å². The van der Waals surface area contributed by atoms with Gasteiger partial charge in [0, 0.05) is 29.9 Å². The van der Waals surface area contributed by atoms with Crippen LogP contribution < -0.4 is 10.6 Å². The number of carbonyl (C=O) groups excluding carboxylic acids is 1. The molecule has 1 saturated carbocycles. The summed E-state index contributed by atoms with van der Waals surface area (Å²) in [4.78, 5) is 29.2. The van der Waals surface area contributed by atoms with Crippen molar-refractivity contribution in [2.45, 2.75) is 31.2 Å². The second-order valence-corrected chi connectivity index (χ2v) is 6.57. The summed E-state index contributed by atoms with van der Waals surface area (Å²) in [5.74, 6) is 2.67. The van der Waals surface area contributed by atoms with E-state index in [-0.39, 0.29) is 5.91 Å². The molecule has 25 heavy (non-hydrogen) atoms. The van der Waals surface area contributed by atoms with Gasteiger partial charge in [-0.1, -0.05) is 0 Å². The molecule has 0 unspecified atom stereocenters. The zero-order valence-electron chi connectivity index (χ0n) is 13.4. The first-order valence-electron chi connectivity index (χ1n) is 8.38. The Balaban J connectivity index is 1.26. The first kappa shape index (κ1) is 14.3. The second kappa shape index (κ2) is 5.47. The predicted octanol–water partition coefficient (Wildman–Crippen LogP) is 2.27. The molecule has 4 heterocycles. The molecule has 5 rings (SSSR count). The number of pyridine rings is 2. The van der Waals surface area contributed by atoms with Crippen LogP contribution in [-0.2, 0) is 11.2 Å². The van der Waals surface area contributed by atoms with Crippen LogP contribution in [0.5, 0.6) is 0 Å². The van der Waals surface area contributed by atoms with E-state index < -0.39 is 0 Å². The average Bonchev–Trinajstić information content (AvgIpc) is 2.96. The summed E-state index contributed by atoms with van der Waals surface area (Å²) in [5.41, 5.74) is 2.67. The monoisotopic (exact) mass is 332 g/mol. The first-order chi connectivity index (χ1) is 12.2. The van der Waals surface area contributed by atoms with Crippen molar-refractivity contribution < 1.29 is 4.79 Å². The topological polar surface area (TPSA) is 92.7 Å². The van der Waals surface area contributed by atoms with Crippen molar-refractivity contribution in [3.63, 3.8) is 0 Å². The minimum atomic E-state index is -0.00790. The zero-order valence-corrected chi connectivity index (χ0v) is 13.4. The van der Waals surface area contributed by atoms with Crippen LogP contribution >= 0.6 is 0 Å². The van der Waals surface area contributed by atoms with Crippen molar-refractivity contribution in [1.82, 2.24) is 19.9 Å². The molecular formula is C18H16N6O. The Bertz CT molecular complexity index is 982. The smallest absolute Gasteiger partial charge is 0.230 e. The minimum Gasteiger partial charge on any atom is -0.367 e. The van der Waals surface area contributed by atoms with Crippen molar-refractivity contribution in [2.24, 2.45) is 0 Å². The van der Waals surface area contributed by atoms with E-state index in [1.807, 2.05) is 24.3 Å². The molecule has 0 atom stereocenters. The highest BCUT2D eigenvalue weighted by atomic mass is 16.1. The fraction of sp³-hybridized carbons (Fsp3) is 0.278. The van der Waals surface area contributed by atoms with Crippen LogP contribution in [0.15, 0.2) is 36.7 Å². The van der Waals surface area contributed by atoms with Crippen LogP contribution in [0.1, 0.15) is 30.1 Å². The maximum atomic E-state index is 11.4. The Kier molecular flexibility index (Phi) is 3.12. The van der Waals surface area contributed by atoms with Gasteiger partial charge in [0.05, 0.1) is 17.5 Å². The second-order valence-electron chi connectivity index (χ2n) is 6.57. The van der Waals surface area contributed by atoms with Crippen molar-refractivity contribution in [3.8, 4) is 0 Å². The molecule has 0 spiro atoms. The first-order valence-corrected chi connectivity index (χ1v) is 8.38. The van der Waals surface area contributed by atoms with Crippen molar-refractivity contribution in [2.75, 3.05) is 10.6 Å². The number of anilines is 2. The summed E-state index contributed by atoms with van der Waals surface area (Å²) in [6.45, 7) is 0. The quantitative estimate of drug-likeness (QED) is 0.764. The molecule has 7 heteroatoms. The molecule has 1 fully saturated rings. The molecule has 1 amide bonds. The van der Waals surface area contributed by atoms with Crippen molar-refractivity contribution in [1.29, 1.82) is 0 Å². The average molecular weight is 332 g/mol. The maximum Gasteiger partial charge on any atom is 0.230 e. The Morgan fingerprint density at radius 1 is 1.08 bits per heavy atom. The number of nitrogens with one attached hydrogen (secondary N) is 2. The molecule has 0 bridgehead atoms. The number of hydrogen-bond donors (Lipinski definition) is 2. The summed E-state index contributed by atoms with van der Waals surface area (Å²) in [7, 11) is 0. The number of aromatic nitrogens is 4. The third-order valence-electron chi connectivity index (χ3n) is 4.80. The summed E-state index contributed by atoms with van der Waals surface area (Å²) in [6.07, 6.45) is 5.84. The number of fused-ring (bicyclic) bond motifs is 2. The van der Waals surface area contributed by atoms with Crippen LogP contribution in [0.2, 0.25) is 0 Å². The molecular weight excluding hydrogens is 316 g/mol. The fourth-order valence-electron chi connectivity index (χ4n) is 3.40. The minimum absolute atomic E-state index is 0.00790. The Morgan fingerprint density at radius 2 is 2.00 bits per heavy atom. The van der Waals surface area contributed by atoms with Crippen LogP contribution in [0.25, 0.3) is 11.0 Å². The molecule has 2 aliphatic rings. The van der Waals surface area contributed by atoms with Gasteiger partial charge >= 0.3 is 0 Å². The number of nitrogens with zero attached hydrogens (tertiary/aromatic N) is 4. The molecule has 124 valence electrons. The Morgan fingerprint density at radius 3 is 2.92 bits per heavy atom. The highest BCUT2D eigenvalue weighted by molar-refractivity contribution is 5.97. The maximum absolute atomic E-state index is 11.4. The lowest BCUT2D eigenvalue weighted by molar-refractivity contribution is -0.115. The molecule has 0 saturated heterocycles. The Labute approximate surface area is 143 Å². The fourth-order valence-corrected chi connectivity index (χ4v) is 3.40. The van der Waals surface area contributed by atoms with Gasteiger partial charge in [-0.2, -0.15) is 0 Å². The van der Waals surface area contributed by atoms with Gasteiger partial charge in [0.2, 0.25) is 5.91 Å². The highest BCUT2D eigenvalue weighted by Gasteiger charge is 2.33. The third kappa shape index (κ3) is 2.57. The SMILES string of the molecule is O=C1Cc2cnc(C3CC(Nc4ccc5ncccc5n4)C3)nc2N1. The van der Waals surface area contributed by atoms with Gasteiger partial charge in [0.1, 0.15) is 17.5 Å². The lowest BCUT2D eigenvalue weighted by atomic mass is 9.79. The lowest BCUT2D eigenvalue weighted by Crippen LogP contribution is -2.35. The zero-order chi connectivity index (χ0) is 16.8. The largest absolute Gasteiger partial charge is 0.367 e. The summed E-state index contributed by atoms with van der Waals surface area (Å²) in [6, 6.07) is 8.15. The van der Waals surface area contributed by atoms with E-state index in [0.717, 1.165) is 41.1 Å². The normalized spacial score (nSPS) is 21.5. The Hall–Kier alpha value is -3.09. The number of amides is 1. The summed E-state index contributed by atoms with van der Waals surface area (Å²) in [5, 5.41) is 6.25. The van der Waals surface area contributed by atoms with Gasteiger partial charge in [-0.15, -0.1) is 0 Å². The molecule has 3 aromatic rings. The summed E-state index contributed by atoms with van der Waals surface area (Å²) >= 11 is 0. The van der Waals surface area contributed by atoms with E-state index >= 15 is 0 Å². The van der Waals surface area contributed by atoms with Gasteiger partial charge in [0.25, 0.3) is 0 Å². The molecule has 2 N–H and O–H groups in total. The molecule has 3 aromatic heterocycles. The van der Waals surface area contributed by atoms with Crippen LogP contribution in [0.4, 0.5) is 11.6 Å². The predicted molar refractivity (Wildman–Crippen MR) is 93.3 cm³/mol.